The number of nitrogens with zero attached hydrogens (tertiary/aromatic N) is 1. The number of hydrazone groups is 1. The van der Waals surface area contributed by atoms with Gasteiger partial charge in [-0.2, -0.15) is 5.10 Å². The van der Waals surface area contributed by atoms with Gasteiger partial charge in [-0.1, -0.05) is 57.2 Å². The maximum absolute atomic E-state index is 12.4. The maximum Gasteiger partial charge on any atom is 0.341 e. The van der Waals surface area contributed by atoms with Gasteiger partial charge < -0.3 is 9.84 Å². The van der Waals surface area contributed by atoms with E-state index in [4.69, 9.17) is 9.84 Å². The van der Waals surface area contributed by atoms with Gasteiger partial charge in [0.25, 0.3) is 0 Å². The fourth-order valence-electron chi connectivity index (χ4n) is 3.19. The number of benzene rings is 2. The number of nitrogens with one attached hydrogen (secondary N) is 1. The smallest absolute Gasteiger partial charge is 0.341 e. The normalized spacial score (nSPS) is 18.4. The van der Waals surface area contributed by atoms with E-state index >= 15 is 0 Å². The lowest BCUT2D eigenvalue weighted by molar-refractivity contribution is -0.139. The molecule has 2 aromatic carbocycles. The molecule has 1 aliphatic carbocycles. The van der Waals surface area contributed by atoms with Crippen molar-refractivity contribution in [3.8, 4) is 5.75 Å². The van der Waals surface area contributed by atoms with Crippen molar-refractivity contribution in [2.45, 2.75) is 38.5 Å². The van der Waals surface area contributed by atoms with Crippen LogP contribution in [0.2, 0.25) is 0 Å². The summed E-state index contributed by atoms with van der Waals surface area (Å²) in [7, 11) is 0. The SMILES string of the molecule is CC(C)(C)c1ccc([C@@H]2C[C@H]2C(=O)N/N=C/c2ccccc2OCC(=O)O)cc1. The van der Waals surface area contributed by atoms with Crippen molar-refractivity contribution >= 4 is 18.1 Å². The first-order chi connectivity index (χ1) is 13.8. The fraction of sp³-hybridized carbons (Fsp3) is 0.348. The molecule has 0 radical (unpaired) electrons. The highest BCUT2D eigenvalue weighted by atomic mass is 16.5. The van der Waals surface area contributed by atoms with Crippen LogP contribution in [0.1, 0.15) is 49.8 Å². The second-order valence-corrected chi connectivity index (χ2v) is 8.28. The van der Waals surface area contributed by atoms with Crippen LogP contribution in [0.15, 0.2) is 53.6 Å². The zero-order valence-corrected chi connectivity index (χ0v) is 16.9. The number of hydrogen-bond donors (Lipinski definition) is 2. The number of rotatable bonds is 7. The summed E-state index contributed by atoms with van der Waals surface area (Å²) in [6.07, 6.45) is 2.28. The number of para-hydroxylation sites is 1. The molecule has 1 fully saturated rings. The third-order valence-electron chi connectivity index (χ3n) is 4.98. The second-order valence-electron chi connectivity index (χ2n) is 8.28. The quantitative estimate of drug-likeness (QED) is 0.554. The summed E-state index contributed by atoms with van der Waals surface area (Å²) in [6.45, 7) is 6.10. The van der Waals surface area contributed by atoms with E-state index in [1.165, 1.54) is 17.3 Å². The van der Waals surface area contributed by atoms with Gasteiger partial charge in [-0.15, -0.1) is 0 Å². The highest BCUT2D eigenvalue weighted by molar-refractivity contribution is 5.87. The Bertz CT molecular complexity index is 913. The lowest BCUT2D eigenvalue weighted by atomic mass is 9.86. The molecule has 0 bridgehead atoms. The van der Waals surface area contributed by atoms with Crippen molar-refractivity contribution < 1.29 is 19.4 Å². The Morgan fingerprint density at radius 3 is 2.52 bits per heavy atom. The van der Waals surface area contributed by atoms with Gasteiger partial charge in [0.15, 0.2) is 6.61 Å². The van der Waals surface area contributed by atoms with Gasteiger partial charge in [0.2, 0.25) is 5.91 Å². The molecule has 152 valence electrons. The number of carboxylic acid groups (broad SMARTS) is 1. The first-order valence-electron chi connectivity index (χ1n) is 9.62. The van der Waals surface area contributed by atoms with Crippen molar-refractivity contribution in [2.24, 2.45) is 11.0 Å². The average Bonchev–Trinajstić information content (AvgIpc) is 3.47. The van der Waals surface area contributed by atoms with Crippen LogP contribution in [0.25, 0.3) is 0 Å². The van der Waals surface area contributed by atoms with E-state index in [-0.39, 0.29) is 23.2 Å². The Hall–Kier alpha value is -3.15. The summed E-state index contributed by atoms with van der Waals surface area (Å²) in [5, 5.41) is 12.8. The van der Waals surface area contributed by atoms with Crippen molar-refractivity contribution in [1.82, 2.24) is 5.43 Å². The summed E-state index contributed by atoms with van der Waals surface area (Å²) >= 11 is 0. The van der Waals surface area contributed by atoms with Crippen LogP contribution in [-0.2, 0) is 15.0 Å². The zero-order valence-electron chi connectivity index (χ0n) is 16.9. The zero-order chi connectivity index (χ0) is 21.0. The molecule has 2 atom stereocenters. The Morgan fingerprint density at radius 1 is 1.17 bits per heavy atom. The first-order valence-corrected chi connectivity index (χ1v) is 9.62. The van der Waals surface area contributed by atoms with Crippen LogP contribution < -0.4 is 10.2 Å². The Labute approximate surface area is 170 Å². The highest BCUT2D eigenvalue weighted by Gasteiger charge is 2.44. The van der Waals surface area contributed by atoms with Crippen LogP contribution in [-0.4, -0.2) is 29.8 Å². The lowest BCUT2D eigenvalue weighted by Crippen LogP contribution is -2.20. The van der Waals surface area contributed by atoms with Gasteiger partial charge in [0.1, 0.15) is 5.75 Å². The molecule has 6 nitrogen and oxygen atoms in total. The monoisotopic (exact) mass is 394 g/mol. The van der Waals surface area contributed by atoms with E-state index in [1.54, 1.807) is 24.3 Å². The molecule has 0 aliphatic heterocycles. The number of carbonyl (C=O) groups is 2. The largest absolute Gasteiger partial charge is 0.481 e. The van der Waals surface area contributed by atoms with Crippen LogP contribution >= 0.6 is 0 Å². The predicted molar refractivity (Wildman–Crippen MR) is 111 cm³/mol. The second kappa shape index (κ2) is 8.47. The van der Waals surface area contributed by atoms with Gasteiger partial charge in [-0.05, 0) is 41.0 Å². The average molecular weight is 394 g/mol. The number of aliphatic carboxylic acids is 1. The molecule has 1 saturated carbocycles. The molecule has 0 aromatic heterocycles. The van der Waals surface area contributed by atoms with Crippen LogP contribution in [0, 0.1) is 5.92 Å². The molecule has 2 N–H and O–H groups in total. The van der Waals surface area contributed by atoms with Gasteiger partial charge in [-0.25, -0.2) is 10.2 Å². The molecule has 0 saturated heterocycles. The molecule has 3 rings (SSSR count). The number of ether oxygens (including phenoxy) is 1. The molecule has 29 heavy (non-hydrogen) atoms. The van der Waals surface area contributed by atoms with E-state index in [2.05, 4.69) is 55.6 Å². The fourth-order valence-corrected chi connectivity index (χ4v) is 3.19. The number of carboxylic acids is 1. The molecule has 0 spiro atoms. The highest BCUT2D eigenvalue weighted by Crippen LogP contribution is 2.47. The third-order valence-corrected chi connectivity index (χ3v) is 4.98. The standard InChI is InChI=1S/C23H26N2O4/c1-23(2,3)17-10-8-15(9-11-17)18-12-19(18)22(28)25-24-13-16-6-4-5-7-20(16)29-14-21(26)27/h4-11,13,18-19H,12,14H2,1-3H3,(H,25,28)(H,26,27)/b24-13+/t18-,19+/m0/s1. The summed E-state index contributed by atoms with van der Waals surface area (Å²) in [4.78, 5) is 23.0. The minimum Gasteiger partial charge on any atom is -0.481 e. The summed E-state index contributed by atoms with van der Waals surface area (Å²) < 4.78 is 5.22. The minimum absolute atomic E-state index is 0.0776. The Morgan fingerprint density at radius 2 is 1.86 bits per heavy atom. The van der Waals surface area contributed by atoms with E-state index in [0.29, 0.717) is 11.3 Å². The van der Waals surface area contributed by atoms with Gasteiger partial charge in [-0.3, -0.25) is 4.79 Å². The maximum atomic E-state index is 12.4. The Kier molecular flexibility index (Phi) is 6.01. The van der Waals surface area contributed by atoms with Gasteiger partial charge >= 0.3 is 5.97 Å². The summed E-state index contributed by atoms with van der Waals surface area (Å²) in [5.41, 5.74) is 5.73. The van der Waals surface area contributed by atoms with Crippen LogP contribution in [0.5, 0.6) is 5.75 Å². The van der Waals surface area contributed by atoms with Crippen molar-refractivity contribution in [2.75, 3.05) is 6.61 Å². The molecule has 2 aromatic rings. The van der Waals surface area contributed by atoms with E-state index in [1.807, 2.05) is 0 Å². The predicted octanol–water partition coefficient (Wildman–Crippen LogP) is 3.70. The summed E-state index contributed by atoms with van der Waals surface area (Å²) in [5.74, 6) is -0.622. The Balaban J connectivity index is 1.55. The molecular weight excluding hydrogens is 368 g/mol. The van der Waals surface area contributed by atoms with Gasteiger partial charge in [0, 0.05) is 11.5 Å². The van der Waals surface area contributed by atoms with Crippen molar-refractivity contribution in [3.05, 3.63) is 65.2 Å². The first kappa shape index (κ1) is 20.6. The van der Waals surface area contributed by atoms with Crippen molar-refractivity contribution in [3.63, 3.8) is 0 Å². The molecule has 1 amide bonds. The van der Waals surface area contributed by atoms with Crippen molar-refractivity contribution in [1.29, 1.82) is 0 Å². The number of hydrogen-bond acceptors (Lipinski definition) is 4. The van der Waals surface area contributed by atoms with Gasteiger partial charge in [0.05, 0.1) is 6.21 Å². The topological polar surface area (TPSA) is 88.0 Å². The third kappa shape index (κ3) is 5.44. The molecule has 1 aliphatic rings. The number of carbonyl (C=O) groups excluding carboxylic acids is 1. The van der Waals surface area contributed by atoms with E-state index in [9.17, 15) is 9.59 Å². The lowest BCUT2D eigenvalue weighted by Gasteiger charge is -2.19. The van der Waals surface area contributed by atoms with E-state index < -0.39 is 12.6 Å². The van der Waals surface area contributed by atoms with Crippen LogP contribution in [0.4, 0.5) is 0 Å². The van der Waals surface area contributed by atoms with E-state index in [0.717, 1.165) is 6.42 Å². The van der Waals surface area contributed by atoms with Crippen LogP contribution in [0.3, 0.4) is 0 Å². The molecule has 0 unspecified atom stereocenters. The minimum atomic E-state index is -1.06. The number of amides is 1. The molecule has 6 heteroatoms. The molecule has 0 heterocycles. The summed E-state index contributed by atoms with van der Waals surface area (Å²) in [6, 6.07) is 15.4. The molecular formula is C23H26N2O4.